The van der Waals surface area contributed by atoms with Crippen LogP contribution in [0.1, 0.15) is 29.0 Å². The molecule has 0 aliphatic heterocycles. The second-order valence-corrected chi connectivity index (χ2v) is 4.79. The summed E-state index contributed by atoms with van der Waals surface area (Å²) in [4.78, 5) is 15.8. The lowest BCUT2D eigenvalue weighted by Crippen LogP contribution is -2.06. The molecule has 106 valence electrons. The smallest absolute Gasteiger partial charge is 0.356 e. The minimum atomic E-state index is -0.444. The standard InChI is InChI=1S/C16H15N3O2/c1-11(12-6-4-3-5-7-12)19-10-15-13(18-19)8-9-14(17-15)16(20)21-2/h3-11H,1-2H3. The molecule has 0 bridgehead atoms. The Morgan fingerprint density at radius 3 is 2.62 bits per heavy atom. The van der Waals surface area contributed by atoms with Gasteiger partial charge in [-0.25, -0.2) is 9.78 Å². The van der Waals surface area contributed by atoms with Crippen LogP contribution < -0.4 is 0 Å². The van der Waals surface area contributed by atoms with Crippen molar-refractivity contribution in [3.63, 3.8) is 0 Å². The molecule has 1 atom stereocenters. The van der Waals surface area contributed by atoms with Gasteiger partial charge in [0, 0.05) is 0 Å². The molecule has 3 rings (SSSR count). The van der Waals surface area contributed by atoms with E-state index in [1.165, 1.54) is 12.7 Å². The van der Waals surface area contributed by atoms with Crippen molar-refractivity contribution in [2.24, 2.45) is 0 Å². The molecule has 5 nitrogen and oxygen atoms in total. The Hall–Kier alpha value is -2.69. The second-order valence-electron chi connectivity index (χ2n) is 4.79. The predicted octanol–water partition coefficient (Wildman–Crippen LogP) is 2.83. The van der Waals surface area contributed by atoms with Gasteiger partial charge in [-0.1, -0.05) is 30.3 Å². The first-order valence-electron chi connectivity index (χ1n) is 6.68. The normalized spacial score (nSPS) is 12.3. The molecule has 0 N–H and O–H groups in total. The molecule has 0 saturated carbocycles. The van der Waals surface area contributed by atoms with E-state index >= 15 is 0 Å². The summed E-state index contributed by atoms with van der Waals surface area (Å²) >= 11 is 0. The Labute approximate surface area is 122 Å². The third-order valence-electron chi connectivity index (χ3n) is 3.45. The van der Waals surface area contributed by atoms with Gasteiger partial charge in [0.25, 0.3) is 0 Å². The van der Waals surface area contributed by atoms with Crippen LogP contribution in [0.15, 0.2) is 48.7 Å². The number of rotatable bonds is 3. The maximum Gasteiger partial charge on any atom is 0.356 e. The van der Waals surface area contributed by atoms with Crippen molar-refractivity contribution in [3.8, 4) is 0 Å². The number of pyridine rings is 1. The zero-order chi connectivity index (χ0) is 14.8. The molecule has 0 radical (unpaired) electrons. The van der Waals surface area contributed by atoms with E-state index in [2.05, 4.69) is 33.9 Å². The third-order valence-corrected chi connectivity index (χ3v) is 3.45. The lowest BCUT2D eigenvalue weighted by atomic mass is 10.1. The van der Waals surface area contributed by atoms with Crippen molar-refractivity contribution >= 4 is 17.0 Å². The first-order valence-corrected chi connectivity index (χ1v) is 6.68. The molecule has 0 aliphatic rings. The minimum absolute atomic E-state index is 0.0991. The molecular formula is C16H15N3O2. The first-order chi connectivity index (χ1) is 10.2. The topological polar surface area (TPSA) is 57.0 Å². The van der Waals surface area contributed by atoms with Crippen LogP contribution in [0.2, 0.25) is 0 Å². The van der Waals surface area contributed by atoms with Crippen molar-refractivity contribution < 1.29 is 9.53 Å². The number of hydrogen-bond acceptors (Lipinski definition) is 4. The number of nitrogens with zero attached hydrogens (tertiary/aromatic N) is 3. The maximum absolute atomic E-state index is 11.5. The fourth-order valence-electron chi connectivity index (χ4n) is 2.23. The van der Waals surface area contributed by atoms with Gasteiger partial charge in [0.1, 0.15) is 16.7 Å². The van der Waals surface area contributed by atoms with E-state index in [0.29, 0.717) is 5.52 Å². The van der Waals surface area contributed by atoms with Crippen molar-refractivity contribution in [1.82, 2.24) is 14.8 Å². The van der Waals surface area contributed by atoms with Gasteiger partial charge in [0.15, 0.2) is 0 Å². The summed E-state index contributed by atoms with van der Waals surface area (Å²) in [6, 6.07) is 13.6. The van der Waals surface area contributed by atoms with Gasteiger partial charge < -0.3 is 4.74 Å². The third kappa shape index (κ3) is 2.50. The lowest BCUT2D eigenvalue weighted by Gasteiger charge is -2.11. The Balaban J connectivity index is 1.99. The first kappa shape index (κ1) is 13.3. The summed E-state index contributed by atoms with van der Waals surface area (Å²) in [7, 11) is 1.34. The molecular weight excluding hydrogens is 266 g/mol. The Bertz CT molecular complexity index is 781. The molecule has 5 heteroatoms. The largest absolute Gasteiger partial charge is 0.464 e. The van der Waals surface area contributed by atoms with Crippen LogP contribution in [0, 0.1) is 0 Å². The van der Waals surface area contributed by atoms with Gasteiger partial charge in [-0.05, 0) is 24.6 Å². The molecule has 21 heavy (non-hydrogen) atoms. The number of benzene rings is 1. The highest BCUT2D eigenvalue weighted by Crippen LogP contribution is 2.20. The van der Waals surface area contributed by atoms with Crippen LogP contribution in [0.25, 0.3) is 11.0 Å². The fourth-order valence-corrected chi connectivity index (χ4v) is 2.23. The zero-order valence-electron chi connectivity index (χ0n) is 11.9. The lowest BCUT2D eigenvalue weighted by molar-refractivity contribution is 0.0594. The molecule has 2 aromatic heterocycles. The van der Waals surface area contributed by atoms with E-state index in [-0.39, 0.29) is 11.7 Å². The van der Waals surface area contributed by atoms with Crippen molar-refractivity contribution in [2.75, 3.05) is 7.11 Å². The fraction of sp³-hybridized carbons (Fsp3) is 0.188. The van der Waals surface area contributed by atoms with Gasteiger partial charge in [-0.15, -0.1) is 0 Å². The van der Waals surface area contributed by atoms with Gasteiger partial charge in [0.2, 0.25) is 0 Å². The van der Waals surface area contributed by atoms with Crippen LogP contribution in [-0.2, 0) is 4.74 Å². The molecule has 0 fully saturated rings. The Morgan fingerprint density at radius 2 is 1.90 bits per heavy atom. The summed E-state index contributed by atoms with van der Waals surface area (Å²) in [6.07, 6.45) is 1.85. The number of aromatic nitrogens is 3. The van der Waals surface area contributed by atoms with Crippen molar-refractivity contribution in [3.05, 3.63) is 59.9 Å². The molecule has 0 saturated heterocycles. The van der Waals surface area contributed by atoms with Crippen molar-refractivity contribution in [1.29, 1.82) is 0 Å². The number of methoxy groups -OCH3 is 1. The van der Waals surface area contributed by atoms with Gasteiger partial charge in [0.05, 0.1) is 19.3 Å². The average Bonchev–Trinajstić information content (AvgIpc) is 2.97. The predicted molar refractivity (Wildman–Crippen MR) is 79.1 cm³/mol. The molecule has 0 aliphatic carbocycles. The summed E-state index contributed by atoms with van der Waals surface area (Å²) in [5, 5.41) is 4.52. The molecule has 3 aromatic rings. The molecule has 0 amide bonds. The highest BCUT2D eigenvalue weighted by molar-refractivity contribution is 5.90. The van der Waals surface area contributed by atoms with Crippen LogP contribution in [0.5, 0.6) is 0 Å². The van der Waals surface area contributed by atoms with E-state index in [9.17, 15) is 4.79 Å². The van der Waals surface area contributed by atoms with Gasteiger partial charge in [-0.2, -0.15) is 5.10 Å². The van der Waals surface area contributed by atoms with E-state index in [1.807, 2.05) is 29.1 Å². The van der Waals surface area contributed by atoms with E-state index < -0.39 is 5.97 Å². The number of fused-ring (bicyclic) bond motifs is 1. The highest BCUT2D eigenvalue weighted by Gasteiger charge is 2.13. The number of hydrogen-bond donors (Lipinski definition) is 0. The number of carbonyl (C=O) groups excluding carboxylic acids is 1. The summed E-state index contributed by atoms with van der Waals surface area (Å²) < 4.78 is 6.54. The van der Waals surface area contributed by atoms with Crippen LogP contribution in [0.4, 0.5) is 0 Å². The van der Waals surface area contributed by atoms with Crippen LogP contribution in [-0.4, -0.2) is 27.8 Å². The number of esters is 1. The highest BCUT2D eigenvalue weighted by atomic mass is 16.5. The van der Waals surface area contributed by atoms with Crippen LogP contribution >= 0.6 is 0 Å². The number of ether oxygens (including phenoxy) is 1. The Morgan fingerprint density at radius 1 is 1.14 bits per heavy atom. The second kappa shape index (κ2) is 5.36. The van der Waals surface area contributed by atoms with E-state index in [4.69, 9.17) is 0 Å². The summed E-state index contributed by atoms with van der Waals surface area (Å²) in [5.74, 6) is -0.444. The number of carbonyl (C=O) groups is 1. The summed E-state index contributed by atoms with van der Waals surface area (Å²) in [6.45, 7) is 2.07. The quantitative estimate of drug-likeness (QED) is 0.693. The van der Waals surface area contributed by atoms with Gasteiger partial charge >= 0.3 is 5.97 Å². The average molecular weight is 281 g/mol. The summed E-state index contributed by atoms with van der Waals surface area (Å²) in [5.41, 5.74) is 2.89. The Kier molecular flexibility index (Phi) is 3.39. The molecule has 0 spiro atoms. The SMILES string of the molecule is COC(=O)c1ccc2nn(C(C)c3ccccc3)cc2n1. The van der Waals surface area contributed by atoms with E-state index in [1.54, 1.807) is 12.1 Å². The van der Waals surface area contributed by atoms with Gasteiger partial charge in [-0.3, -0.25) is 4.68 Å². The minimum Gasteiger partial charge on any atom is -0.464 e. The maximum atomic E-state index is 11.5. The monoisotopic (exact) mass is 281 g/mol. The molecule has 1 aromatic carbocycles. The van der Waals surface area contributed by atoms with Crippen molar-refractivity contribution in [2.45, 2.75) is 13.0 Å². The van der Waals surface area contributed by atoms with E-state index in [0.717, 1.165) is 5.52 Å². The molecule has 1 unspecified atom stereocenters. The zero-order valence-corrected chi connectivity index (χ0v) is 11.9. The molecule has 2 heterocycles. The van der Waals surface area contributed by atoms with Crippen LogP contribution in [0.3, 0.4) is 0 Å².